The highest BCUT2D eigenvalue weighted by atomic mass is 16.3. The second kappa shape index (κ2) is 7.54. The molecule has 1 saturated carbocycles. The van der Waals surface area contributed by atoms with Gasteiger partial charge < -0.3 is 9.73 Å². The van der Waals surface area contributed by atoms with Crippen LogP contribution < -0.4 is 5.32 Å². The molecule has 1 fully saturated rings. The predicted molar refractivity (Wildman–Crippen MR) is 71.1 cm³/mol. The van der Waals surface area contributed by atoms with E-state index in [2.05, 4.69) is 11.4 Å². The first kappa shape index (κ1) is 12.7. The summed E-state index contributed by atoms with van der Waals surface area (Å²) in [6.07, 6.45) is 12.7. The number of furan rings is 1. The third kappa shape index (κ3) is 4.95. The van der Waals surface area contributed by atoms with Crippen molar-refractivity contribution in [2.45, 2.75) is 51.4 Å². The van der Waals surface area contributed by atoms with Gasteiger partial charge >= 0.3 is 0 Å². The Morgan fingerprint density at radius 2 is 2.06 bits per heavy atom. The summed E-state index contributed by atoms with van der Waals surface area (Å²) in [4.78, 5) is 0. The van der Waals surface area contributed by atoms with E-state index in [-0.39, 0.29) is 0 Å². The molecule has 1 heterocycles. The second-order valence-corrected chi connectivity index (χ2v) is 5.23. The number of nitrogens with one attached hydrogen (secondary N) is 1. The Kier molecular flexibility index (Phi) is 5.63. The quantitative estimate of drug-likeness (QED) is 0.728. The van der Waals surface area contributed by atoms with Gasteiger partial charge in [0.1, 0.15) is 5.76 Å². The number of rotatable bonds is 7. The summed E-state index contributed by atoms with van der Waals surface area (Å²) in [6.45, 7) is 2.32. The van der Waals surface area contributed by atoms with Crippen LogP contribution in [0.1, 0.15) is 50.7 Å². The normalized spacial score (nSPS) is 17.4. The zero-order valence-corrected chi connectivity index (χ0v) is 10.8. The van der Waals surface area contributed by atoms with Crippen LogP contribution in [0.3, 0.4) is 0 Å². The maximum atomic E-state index is 5.31. The van der Waals surface area contributed by atoms with Gasteiger partial charge in [0.15, 0.2) is 0 Å². The lowest BCUT2D eigenvalue weighted by atomic mass is 9.87. The van der Waals surface area contributed by atoms with Crippen LogP contribution in [0, 0.1) is 5.92 Å². The lowest BCUT2D eigenvalue weighted by molar-refractivity contribution is 0.333. The molecule has 1 aromatic heterocycles. The van der Waals surface area contributed by atoms with E-state index in [0.29, 0.717) is 0 Å². The summed E-state index contributed by atoms with van der Waals surface area (Å²) >= 11 is 0. The van der Waals surface area contributed by atoms with Crippen LogP contribution in [0.2, 0.25) is 0 Å². The van der Waals surface area contributed by atoms with E-state index in [9.17, 15) is 0 Å². The van der Waals surface area contributed by atoms with E-state index in [0.717, 1.165) is 24.6 Å². The fourth-order valence-corrected chi connectivity index (χ4v) is 2.75. The van der Waals surface area contributed by atoms with Crippen molar-refractivity contribution in [3.05, 3.63) is 24.2 Å². The van der Waals surface area contributed by atoms with E-state index in [1.807, 2.05) is 6.07 Å². The molecule has 0 bridgehead atoms. The molecule has 0 unspecified atom stereocenters. The molecule has 1 aliphatic rings. The van der Waals surface area contributed by atoms with Crippen LogP contribution in [-0.4, -0.2) is 13.1 Å². The van der Waals surface area contributed by atoms with E-state index in [1.54, 1.807) is 6.26 Å². The Labute approximate surface area is 105 Å². The molecule has 2 heteroatoms. The first-order chi connectivity index (χ1) is 8.45. The standard InChI is InChI=1S/C15H25NO/c1-2-6-14(7-3-1)10-12-16-11-4-8-15-9-5-13-17-15/h5,9,13-14,16H,1-4,6-8,10-12H2. The van der Waals surface area contributed by atoms with Gasteiger partial charge in [-0.1, -0.05) is 32.1 Å². The largest absolute Gasteiger partial charge is 0.469 e. The summed E-state index contributed by atoms with van der Waals surface area (Å²) in [5.74, 6) is 2.11. The molecular formula is C15H25NO. The maximum absolute atomic E-state index is 5.31. The van der Waals surface area contributed by atoms with Gasteiger partial charge in [0.25, 0.3) is 0 Å². The Morgan fingerprint density at radius 1 is 1.18 bits per heavy atom. The molecule has 1 N–H and O–H groups in total. The van der Waals surface area contributed by atoms with Crippen molar-refractivity contribution in [1.29, 1.82) is 0 Å². The average Bonchev–Trinajstić information content (AvgIpc) is 2.88. The monoisotopic (exact) mass is 235 g/mol. The fraction of sp³-hybridized carbons (Fsp3) is 0.733. The molecule has 2 rings (SSSR count). The molecule has 0 aliphatic heterocycles. The molecule has 0 atom stereocenters. The van der Waals surface area contributed by atoms with E-state index >= 15 is 0 Å². The molecule has 2 nitrogen and oxygen atoms in total. The number of hydrogen-bond donors (Lipinski definition) is 1. The smallest absolute Gasteiger partial charge is 0.103 e. The first-order valence-electron chi connectivity index (χ1n) is 7.18. The molecule has 17 heavy (non-hydrogen) atoms. The van der Waals surface area contributed by atoms with Gasteiger partial charge in [-0.05, 0) is 44.0 Å². The zero-order chi connectivity index (χ0) is 11.8. The Balaban J connectivity index is 1.43. The third-order valence-corrected chi connectivity index (χ3v) is 3.81. The SMILES string of the molecule is c1coc(CCCNCCC2CCCCC2)c1. The van der Waals surface area contributed by atoms with Gasteiger partial charge in [0.05, 0.1) is 6.26 Å². The lowest BCUT2D eigenvalue weighted by Crippen LogP contribution is -2.20. The summed E-state index contributed by atoms with van der Waals surface area (Å²) in [7, 11) is 0. The van der Waals surface area contributed by atoms with Crippen molar-refractivity contribution in [2.75, 3.05) is 13.1 Å². The van der Waals surface area contributed by atoms with Gasteiger partial charge in [-0.2, -0.15) is 0 Å². The fourth-order valence-electron chi connectivity index (χ4n) is 2.75. The first-order valence-corrected chi connectivity index (χ1v) is 7.18. The van der Waals surface area contributed by atoms with Crippen LogP contribution in [-0.2, 0) is 6.42 Å². The van der Waals surface area contributed by atoms with Crippen molar-refractivity contribution in [1.82, 2.24) is 5.32 Å². The molecule has 0 radical (unpaired) electrons. The van der Waals surface area contributed by atoms with Crippen molar-refractivity contribution in [3.63, 3.8) is 0 Å². The van der Waals surface area contributed by atoms with Crippen LogP contribution >= 0.6 is 0 Å². The molecule has 96 valence electrons. The van der Waals surface area contributed by atoms with Crippen molar-refractivity contribution >= 4 is 0 Å². The third-order valence-electron chi connectivity index (χ3n) is 3.81. The number of aryl methyl sites for hydroxylation is 1. The Bertz CT molecular complexity index is 275. The molecule has 0 spiro atoms. The molecule has 1 aliphatic carbocycles. The minimum absolute atomic E-state index is 1.00. The summed E-state index contributed by atoms with van der Waals surface area (Å²) in [5, 5.41) is 3.55. The van der Waals surface area contributed by atoms with Crippen LogP contribution in [0.4, 0.5) is 0 Å². The molecule has 0 aromatic carbocycles. The highest BCUT2D eigenvalue weighted by molar-refractivity contribution is 4.97. The van der Waals surface area contributed by atoms with Crippen molar-refractivity contribution in [3.8, 4) is 0 Å². The highest BCUT2D eigenvalue weighted by Gasteiger charge is 2.12. The van der Waals surface area contributed by atoms with Crippen LogP contribution in [0.25, 0.3) is 0 Å². The number of hydrogen-bond acceptors (Lipinski definition) is 2. The van der Waals surface area contributed by atoms with Crippen LogP contribution in [0.5, 0.6) is 0 Å². The zero-order valence-electron chi connectivity index (χ0n) is 10.8. The minimum atomic E-state index is 1.00. The van der Waals surface area contributed by atoms with Gasteiger partial charge in [0.2, 0.25) is 0 Å². The van der Waals surface area contributed by atoms with Crippen LogP contribution in [0.15, 0.2) is 22.8 Å². The topological polar surface area (TPSA) is 25.2 Å². The highest BCUT2D eigenvalue weighted by Crippen LogP contribution is 2.25. The van der Waals surface area contributed by atoms with Crippen molar-refractivity contribution < 1.29 is 4.42 Å². The summed E-state index contributed by atoms with van der Waals surface area (Å²) in [5.41, 5.74) is 0. The van der Waals surface area contributed by atoms with E-state index in [4.69, 9.17) is 4.42 Å². The van der Waals surface area contributed by atoms with Gasteiger partial charge in [-0.15, -0.1) is 0 Å². The average molecular weight is 235 g/mol. The van der Waals surface area contributed by atoms with Crippen molar-refractivity contribution in [2.24, 2.45) is 5.92 Å². The molecular weight excluding hydrogens is 210 g/mol. The second-order valence-electron chi connectivity index (χ2n) is 5.23. The van der Waals surface area contributed by atoms with Gasteiger partial charge in [0, 0.05) is 6.42 Å². The van der Waals surface area contributed by atoms with Gasteiger partial charge in [-0.25, -0.2) is 0 Å². The Hall–Kier alpha value is -0.760. The minimum Gasteiger partial charge on any atom is -0.469 e. The van der Waals surface area contributed by atoms with Gasteiger partial charge in [-0.3, -0.25) is 0 Å². The van der Waals surface area contributed by atoms with E-state index < -0.39 is 0 Å². The molecule has 1 aromatic rings. The predicted octanol–water partition coefficient (Wildman–Crippen LogP) is 3.77. The Morgan fingerprint density at radius 3 is 2.82 bits per heavy atom. The maximum Gasteiger partial charge on any atom is 0.103 e. The summed E-state index contributed by atoms with van der Waals surface area (Å²) in [6, 6.07) is 4.02. The van der Waals surface area contributed by atoms with E-state index in [1.165, 1.54) is 51.5 Å². The summed E-state index contributed by atoms with van der Waals surface area (Å²) < 4.78 is 5.31. The lowest BCUT2D eigenvalue weighted by Gasteiger charge is -2.21. The molecule has 0 amide bonds. The molecule has 0 saturated heterocycles.